The summed E-state index contributed by atoms with van der Waals surface area (Å²) in [5.41, 5.74) is 0.186. The molecule has 0 unspecified atom stereocenters. The van der Waals surface area contributed by atoms with Crippen molar-refractivity contribution in [3.63, 3.8) is 0 Å². The van der Waals surface area contributed by atoms with E-state index in [0.717, 1.165) is 0 Å². The highest BCUT2D eigenvalue weighted by molar-refractivity contribution is 9.10. The predicted octanol–water partition coefficient (Wildman–Crippen LogP) is 3.39. The van der Waals surface area contributed by atoms with Crippen molar-refractivity contribution in [1.82, 2.24) is 0 Å². The third-order valence-electron chi connectivity index (χ3n) is 3.03. The highest BCUT2D eigenvalue weighted by atomic mass is 79.9. The topological polar surface area (TPSA) is 82.1 Å². The molecule has 0 saturated carbocycles. The van der Waals surface area contributed by atoms with Gasteiger partial charge in [0.05, 0.1) is 16.6 Å². The number of hydrogen-bond acceptors (Lipinski definition) is 5. The Kier molecular flexibility index (Phi) is 6.34. The molecule has 0 aliphatic heterocycles. The number of carboxylic acids is 1. The van der Waals surface area contributed by atoms with Crippen LogP contribution in [-0.2, 0) is 4.74 Å². The van der Waals surface area contributed by atoms with Crippen LogP contribution in [0.25, 0.3) is 0 Å². The minimum absolute atomic E-state index is 0.00783. The molecule has 0 fully saturated rings. The van der Waals surface area contributed by atoms with Gasteiger partial charge in [0.15, 0.2) is 0 Å². The first-order valence-corrected chi connectivity index (χ1v) is 7.78. The largest absolute Gasteiger partial charge is 0.490 e. The third-order valence-corrected chi connectivity index (χ3v) is 3.65. The first kappa shape index (κ1) is 18.0. The molecule has 24 heavy (non-hydrogen) atoms. The van der Waals surface area contributed by atoms with E-state index in [1.165, 1.54) is 12.1 Å². The predicted molar refractivity (Wildman–Crippen MR) is 89.9 cm³/mol. The average molecular weight is 395 g/mol. The molecular weight excluding hydrogens is 380 g/mol. The lowest BCUT2D eigenvalue weighted by Crippen LogP contribution is -2.12. The minimum atomic E-state index is -1.17. The molecule has 0 saturated heterocycles. The van der Waals surface area contributed by atoms with Crippen molar-refractivity contribution >= 4 is 27.9 Å². The summed E-state index contributed by atoms with van der Waals surface area (Å²) in [6.45, 7) is 0.826. The highest BCUT2D eigenvalue weighted by Gasteiger charge is 2.16. The van der Waals surface area contributed by atoms with E-state index in [4.69, 9.17) is 19.3 Å². The lowest BCUT2D eigenvalue weighted by molar-refractivity contribution is 0.0681. The number of halogens is 1. The maximum atomic E-state index is 12.2. The number of carbonyl (C=O) groups excluding carboxylic acids is 1. The van der Waals surface area contributed by atoms with Crippen LogP contribution in [0.15, 0.2) is 46.9 Å². The highest BCUT2D eigenvalue weighted by Crippen LogP contribution is 2.27. The fourth-order valence-corrected chi connectivity index (χ4v) is 2.36. The van der Waals surface area contributed by atoms with Crippen LogP contribution in [0.5, 0.6) is 11.5 Å². The molecule has 0 spiro atoms. The molecule has 0 amide bonds. The maximum Gasteiger partial charge on any atom is 0.343 e. The van der Waals surface area contributed by atoms with Gasteiger partial charge in [-0.05, 0) is 46.3 Å². The van der Waals surface area contributed by atoms with Gasteiger partial charge in [-0.3, -0.25) is 0 Å². The average Bonchev–Trinajstić information content (AvgIpc) is 2.56. The number of rotatable bonds is 7. The molecular formula is C17H15BrO6. The van der Waals surface area contributed by atoms with Crippen molar-refractivity contribution in [1.29, 1.82) is 0 Å². The van der Waals surface area contributed by atoms with Gasteiger partial charge in [-0.1, -0.05) is 12.1 Å². The minimum Gasteiger partial charge on any atom is -0.490 e. The second-order valence-corrected chi connectivity index (χ2v) is 5.53. The first-order chi connectivity index (χ1) is 11.5. The smallest absolute Gasteiger partial charge is 0.343 e. The van der Waals surface area contributed by atoms with E-state index < -0.39 is 11.9 Å². The van der Waals surface area contributed by atoms with E-state index in [9.17, 15) is 9.59 Å². The van der Waals surface area contributed by atoms with Crippen LogP contribution in [0.3, 0.4) is 0 Å². The molecule has 0 aliphatic rings. The molecule has 0 bridgehead atoms. The third kappa shape index (κ3) is 4.56. The Morgan fingerprint density at radius 2 is 1.83 bits per heavy atom. The summed E-state index contributed by atoms with van der Waals surface area (Å²) in [6.07, 6.45) is 0. The molecule has 7 heteroatoms. The summed E-state index contributed by atoms with van der Waals surface area (Å²) in [7, 11) is 1.58. The Labute approximate surface area is 147 Å². The molecule has 2 aromatic rings. The Balaban J connectivity index is 2.13. The van der Waals surface area contributed by atoms with E-state index in [2.05, 4.69) is 15.9 Å². The van der Waals surface area contributed by atoms with E-state index >= 15 is 0 Å². The van der Waals surface area contributed by atoms with Crippen molar-refractivity contribution in [3.05, 3.63) is 58.1 Å². The molecule has 6 nitrogen and oxygen atoms in total. The monoisotopic (exact) mass is 394 g/mol. The second-order valence-electron chi connectivity index (χ2n) is 4.68. The Bertz CT molecular complexity index is 744. The van der Waals surface area contributed by atoms with E-state index in [1.54, 1.807) is 37.4 Å². The summed E-state index contributed by atoms with van der Waals surface area (Å²) < 4.78 is 16.1. The molecule has 0 atom stereocenters. The van der Waals surface area contributed by atoms with Crippen molar-refractivity contribution in [2.45, 2.75) is 0 Å². The van der Waals surface area contributed by atoms with E-state index in [-0.39, 0.29) is 16.9 Å². The molecule has 0 aromatic heterocycles. The van der Waals surface area contributed by atoms with Crippen LogP contribution in [0.4, 0.5) is 0 Å². The SMILES string of the molecule is COCCOc1ccc(C(=O)Oc2ccccc2C(=O)O)cc1Br. The summed E-state index contributed by atoms with van der Waals surface area (Å²) in [4.78, 5) is 23.4. The van der Waals surface area contributed by atoms with Gasteiger partial charge in [-0.2, -0.15) is 0 Å². The number of para-hydroxylation sites is 1. The lowest BCUT2D eigenvalue weighted by Gasteiger charge is -2.10. The van der Waals surface area contributed by atoms with Crippen LogP contribution in [-0.4, -0.2) is 37.4 Å². The molecule has 126 valence electrons. The quantitative estimate of drug-likeness (QED) is 0.440. The van der Waals surface area contributed by atoms with Gasteiger partial charge in [0.25, 0.3) is 0 Å². The zero-order valence-electron chi connectivity index (χ0n) is 12.8. The Morgan fingerprint density at radius 3 is 2.50 bits per heavy atom. The van der Waals surface area contributed by atoms with Crippen molar-refractivity contribution < 1.29 is 28.9 Å². The summed E-state index contributed by atoms with van der Waals surface area (Å²) in [5.74, 6) is -1.27. The first-order valence-electron chi connectivity index (χ1n) is 6.98. The molecule has 1 N–H and O–H groups in total. The number of esters is 1. The molecule has 0 heterocycles. The number of ether oxygens (including phenoxy) is 3. The van der Waals surface area contributed by atoms with Crippen LogP contribution >= 0.6 is 15.9 Å². The fraction of sp³-hybridized carbons (Fsp3) is 0.176. The number of carboxylic acid groups (broad SMARTS) is 1. The maximum absolute atomic E-state index is 12.2. The van der Waals surface area contributed by atoms with Gasteiger partial charge in [0.1, 0.15) is 23.7 Å². The van der Waals surface area contributed by atoms with Gasteiger partial charge in [0.2, 0.25) is 0 Å². The zero-order valence-corrected chi connectivity index (χ0v) is 14.4. The van der Waals surface area contributed by atoms with Crippen molar-refractivity contribution in [3.8, 4) is 11.5 Å². The Morgan fingerprint density at radius 1 is 1.08 bits per heavy atom. The van der Waals surface area contributed by atoms with Gasteiger partial charge in [0, 0.05) is 7.11 Å². The standard InChI is InChI=1S/C17H15BrO6/c1-22-8-9-23-15-7-6-11(10-13(15)18)17(21)24-14-5-3-2-4-12(14)16(19)20/h2-7,10H,8-9H2,1H3,(H,19,20). The fourth-order valence-electron chi connectivity index (χ4n) is 1.87. The number of aromatic carboxylic acids is 1. The van der Waals surface area contributed by atoms with Gasteiger partial charge in [-0.15, -0.1) is 0 Å². The molecule has 2 aromatic carbocycles. The van der Waals surface area contributed by atoms with Crippen LogP contribution in [0.2, 0.25) is 0 Å². The van der Waals surface area contributed by atoms with Gasteiger partial charge >= 0.3 is 11.9 Å². The van der Waals surface area contributed by atoms with Crippen LogP contribution in [0.1, 0.15) is 20.7 Å². The number of carbonyl (C=O) groups is 2. The Hall–Kier alpha value is -2.38. The summed E-state index contributed by atoms with van der Waals surface area (Å²) in [6, 6.07) is 10.7. The number of benzene rings is 2. The molecule has 0 radical (unpaired) electrons. The molecule has 2 rings (SSSR count). The van der Waals surface area contributed by atoms with Crippen molar-refractivity contribution in [2.24, 2.45) is 0 Å². The zero-order chi connectivity index (χ0) is 17.5. The normalized spacial score (nSPS) is 10.2. The molecule has 0 aliphatic carbocycles. The summed E-state index contributed by atoms with van der Waals surface area (Å²) in [5, 5.41) is 9.11. The van der Waals surface area contributed by atoms with E-state index in [0.29, 0.717) is 23.4 Å². The number of methoxy groups -OCH3 is 1. The van der Waals surface area contributed by atoms with Crippen LogP contribution in [0, 0.1) is 0 Å². The lowest BCUT2D eigenvalue weighted by atomic mass is 10.2. The number of hydrogen-bond donors (Lipinski definition) is 1. The summed E-state index contributed by atoms with van der Waals surface area (Å²) >= 11 is 3.32. The van der Waals surface area contributed by atoms with Crippen molar-refractivity contribution in [2.75, 3.05) is 20.3 Å². The second kappa shape index (κ2) is 8.47. The van der Waals surface area contributed by atoms with Gasteiger partial charge < -0.3 is 19.3 Å². The van der Waals surface area contributed by atoms with Gasteiger partial charge in [-0.25, -0.2) is 9.59 Å². The van der Waals surface area contributed by atoms with Crippen LogP contribution < -0.4 is 9.47 Å². The van der Waals surface area contributed by atoms with E-state index in [1.807, 2.05) is 0 Å².